The Balaban J connectivity index is 2.34. The second-order valence-electron chi connectivity index (χ2n) is 10.5. The van der Waals surface area contributed by atoms with Crippen LogP contribution in [0.2, 0.25) is 0 Å². The molecule has 0 heterocycles. The quantitative estimate of drug-likeness (QED) is 0.156. The number of methoxy groups -OCH3 is 1. The second-order valence-corrected chi connectivity index (χ2v) is 10.5. The van der Waals surface area contributed by atoms with Crippen LogP contribution in [-0.4, -0.2) is 66.6 Å². The van der Waals surface area contributed by atoms with E-state index in [4.69, 9.17) is 18.9 Å². The van der Waals surface area contributed by atoms with Gasteiger partial charge in [-0.05, 0) is 25.1 Å². The van der Waals surface area contributed by atoms with Gasteiger partial charge in [0.05, 0.1) is 19.1 Å². The van der Waals surface area contributed by atoms with Crippen molar-refractivity contribution in [1.29, 1.82) is 0 Å². The van der Waals surface area contributed by atoms with Crippen molar-refractivity contribution in [3.63, 3.8) is 0 Å². The molecule has 0 bridgehead atoms. The summed E-state index contributed by atoms with van der Waals surface area (Å²) in [7, 11) is 1.24. The monoisotopic (exact) mass is 626 g/mol. The normalized spacial score (nSPS) is 21.8. The van der Waals surface area contributed by atoms with Crippen molar-refractivity contribution in [2.24, 2.45) is 11.8 Å². The van der Waals surface area contributed by atoms with Gasteiger partial charge in [0.15, 0.2) is 6.10 Å². The summed E-state index contributed by atoms with van der Waals surface area (Å²) in [5.74, 6) is 1.92. The molecule has 10 nitrogen and oxygen atoms in total. The molecule has 242 valence electrons. The molecule has 1 aliphatic carbocycles. The van der Waals surface area contributed by atoms with Gasteiger partial charge in [0, 0.05) is 51.9 Å². The zero-order valence-electron chi connectivity index (χ0n) is 25.1. The molecule has 2 unspecified atom stereocenters. The lowest BCUT2D eigenvalue weighted by Crippen LogP contribution is -2.32. The summed E-state index contributed by atoms with van der Waals surface area (Å²) in [6.07, 6.45) is -3.94. The lowest BCUT2D eigenvalue weighted by molar-refractivity contribution is -0.151. The fraction of sp³-hybridized carbons (Fsp3) is 0.548. The molecule has 0 radical (unpaired) electrons. The number of aliphatic hydroxyl groups is 1. The van der Waals surface area contributed by atoms with Crippen LogP contribution in [0.3, 0.4) is 0 Å². The molecule has 13 heteroatoms. The molecule has 1 saturated carbocycles. The highest BCUT2D eigenvalue weighted by atomic mass is 19.4. The number of hydrogen-bond acceptors (Lipinski definition) is 10. The minimum atomic E-state index is -4.57. The van der Waals surface area contributed by atoms with Gasteiger partial charge in [0.1, 0.15) is 30.2 Å². The highest BCUT2D eigenvalue weighted by molar-refractivity contribution is 5.69. The third kappa shape index (κ3) is 12.3. The highest BCUT2D eigenvalue weighted by Gasteiger charge is 2.47. The number of benzene rings is 1. The van der Waals surface area contributed by atoms with Gasteiger partial charge in [-0.3, -0.25) is 19.2 Å². The number of carbonyl (C=O) groups is 4. The summed E-state index contributed by atoms with van der Waals surface area (Å²) in [5, 5.41) is 11.0. The van der Waals surface area contributed by atoms with Gasteiger partial charge in [-0.15, -0.1) is 0 Å². The molecule has 0 amide bonds. The van der Waals surface area contributed by atoms with Crippen molar-refractivity contribution >= 4 is 23.9 Å². The van der Waals surface area contributed by atoms with Crippen LogP contribution < -0.4 is 4.74 Å². The topological polar surface area (TPSA) is 135 Å². The molecule has 1 N–H and O–H groups in total. The third-order valence-corrected chi connectivity index (χ3v) is 6.61. The number of esters is 4. The molecule has 1 aliphatic rings. The van der Waals surface area contributed by atoms with E-state index in [1.807, 2.05) is 0 Å². The highest BCUT2D eigenvalue weighted by Crippen LogP contribution is 2.41. The molecular formula is C31H37F3O10. The average Bonchev–Trinajstić information content (AvgIpc) is 3.21. The zero-order valence-corrected chi connectivity index (χ0v) is 25.1. The van der Waals surface area contributed by atoms with E-state index in [-0.39, 0.29) is 31.4 Å². The van der Waals surface area contributed by atoms with E-state index < -0.39 is 78.0 Å². The Morgan fingerprint density at radius 2 is 1.73 bits per heavy atom. The lowest BCUT2D eigenvalue weighted by atomic mass is 9.87. The van der Waals surface area contributed by atoms with E-state index >= 15 is 0 Å². The first kappa shape index (κ1) is 36.1. The molecule has 0 saturated heterocycles. The first-order valence-corrected chi connectivity index (χ1v) is 13.8. The zero-order chi connectivity index (χ0) is 33.1. The van der Waals surface area contributed by atoms with Crippen molar-refractivity contribution in [2.75, 3.05) is 13.7 Å². The van der Waals surface area contributed by atoms with E-state index in [2.05, 4.69) is 16.6 Å². The summed E-state index contributed by atoms with van der Waals surface area (Å²) in [4.78, 5) is 47.1. The molecule has 0 aliphatic heterocycles. The Kier molecular flexibility index (Phi) is 13.3. The molecular weight excluding hydrogens is 589 g/mol. The van der Waals surface area contributed by atoms with Gasteiger partial charge in [-0.2, -0.15) is 13.2 Å². The molecule has 0 spiro atoms. The maximum atomic E-state index is 13.1. The maximum absolute atomic E-state index is 13.1. The SMILES string of the molecule is COC(=O)CCC#CC(C[C@@H]1[C@@H](C=CC(C)(O)COc2cccc(C(F)(F)F)c2)[C@H](OC(C)=O)C[C@@H]1OC(C)=O)OC(C)=O. The smallest absolute Gasteiger partial charge is 0.416 e. The molecule has 44 heavy (non-hydrogen) atoms. The maximum Gasteiger partial charge on any atom is 0.416 e. The first-order chi connectivity index (χ1) is 20.5. The summed E-state index contributed by atoms with van der Waals surface area (Å²) < 4.78 is 65.6. The van der Waals surface area contributed by atoms with E-state index in [1.54, 1.807) is 6.08 Å². The Morgan fingerprint density at radius 3 is 2.32 bits per heavy atom. The van der Waals surface area contributed by atoms with Crippen LogP contribution in [0.4, 0.5) is 13.2 Å². The van der Waals surface area contributed by atoms with Crippen molar-refractivity contribution in [3.05, 3.63) is 42.0 Å². The fourth-order valence-corrected chi connectivity index (χ4v) is 4.74. The third-order valence-electron chi connectivity index (χ3n) is 6.61. The lowest BCUT2D eigenvalue weighted by Gasteiger charge is -2.27. The Labute approximate surface area is 253 Å². The first-order valence-electron chi connectivity index (χ1n) is 13.8. The van der Waals surface area contributed by atoms with Crippen molar-refractivity contribution in [2.45, 2.75) is 83.5 Å². The molecule has 1 aromatic rings. The number of rotatable bonds is 12. The molecule has 1 aromatic carbocycles. The number of carbonyl (C=O) groups excluding carboxylic acids is 4. The van der Waals surface area contributed by atoms with Gasteiger partial charge < -0.3 is 28.8 Å². The number of halogens is 3. The predicted octanol–water partition coefficient (Wildman–Crippen LogP) is 4.17. The van der Waals surface area contributed by atoms with Crippen molar-refractivity contribution in [1.82, 2.24) is 0 Å². The van der Waals surface area contributed by atoms with Crippen LogP contribution in [0.1, 0.15) is 58.9 Å². The number of alkyl halides is 3. The number of hydrogen-bond donors (Lipinski definition) is 1. The molecule has 2 rings (SSSR count). The minimum absolute atomic E-state index is 0.0212. The van der Waals surface area contributed by atoms with Crippen LogP contribution in [0.15, 0.2) is 36.4 Å². The largest absolute Gasteiger partial charge is 0.490 e. The van der Waals surface area contributed by atoms with Crippen LogP contribution in [0.25, 0.3) is 0 Å². The summed E-state index contributed by atoms with van der Waals surface area (Å²) >= 11 is 0. The average molecular weight is 627 g/mol. The van der Waals surface area contributed by atoms with E-state index in [1.165, 1.54) is 53.0 Å². The standard InChI is InChI=1S/C31H37F3O10/c1-19(35)42-24(10-6-7-12-29(38)40-5)16-26-25(27(43-20(2)36)17-28(26)44-21(3)37)13-14-30(4,39)18-41-23-11-8-9-22(15-23)31(32,33)34/h8-9,11,13-15,24-28,39H,7,12,16-18H2,1-5H3/t24?,25-,26-,27-,28+,30?/m1/s1. The summed E-state index contributed by atoms with van der Waals surface area (Å²) in [5.41, 5.74) is -2.60. The molecule has 6 atom stereocenters. The van der Waals surface area contributed by atoms with Gasteiger partial charge in [0.2, 0.25) is 0 Å². The fourth-order valence-electron chi connectivity index (χ4n) is 4.74. The van der Waals surface area contributed by atoms with Gasteiger partial charge in [-0.25, -0.2) is 0 Å². The van der Waals surface area contributed by atoms with Gasteiger partial charge in [0.25, 0.3) is 0 Å². The molecule has 1 fully saturated rings. The van der Waals surface area contributed by atoms with Crippen LogP contribution in [0.5, 0.6) is 5.75 Å². The van der Waals surface area contributed by atoms with Crippen LogP contribution in [-0.2, 0) is 44.3 Å². The molecule has 0 aromatic heterocycles. The van der Waals surface area contributed by atoms with E-state index in [9.17, 15) is 37.5 Å². The van der Waals surface area contributed by atoms with E-state index in [0.717, 1.165) is 12.1 Å². The predicted molar refractivity (Wildman–Crippen MR) is 149 cm³/mol. The number of ether oxygens (including phenoxy) is 5. The van der Waals surface area contributed by atoms with Gasteiger partial charge >= 0.3 is 30.1 Å². The van der Waals surface area contributed by atoms with E-state index in [0.29, 0.717) is 0 Å². The summed E-state index contributed by atoms with van der Waals surface area (Å²) in [6.45, 7) is 4.58. The Bertz CT molecular complexity index is 1260. The van der Waals surface area contributed by atoms with Crippen LogP contribution >= 0.6 is 0 Å². The van der Waals surface area contributed by atoms with Crippen molar-refractivity contribution < 1.29 is 61.1 Å². The van der Waals surface area contributed by atoms with Crippen LogP contribution in [0, 0.1) is 23.7 Å². The Morgan fingerprint density at radius 1 is 1.07 bits per heavy atom. The summed E-state index contributed by atoms with van der Waals surface area (Å²) in [6, 6.07) is 4.22. The second kappa shape index (κ2) is 16.1. The minimum Gasteiger partial charge on any atom is -0.490 e. The Hall–Kier alpha value is -4.05. The van der Waals surface area contributed by atoms with Gasteiger partial charge in [-0.1, -0.05) is 30.1 Å². The van der Waals surface area contributed by atoms with Crippen molar-refractivity contribution in [3.8, 4) is 17.6 Å².